The minimum atomic E-state index is -0.684. The predicted molar refractivity (Wildman–Crippen MR) is 97.5 cm³/mol. The van der Waals surface area contributed by atoms with E-state index in [-0.39, 0.29) is 22.3 Å². The molecule has 1 unspecified atom stereocenters. The van der Waals surface area contributed by atoms with Gasteiger partial charge in [0.1, 0.15) is 29.0 Å². The van der Waals surface area contributed by atoms with Gasteiger partial charge in [-0.15, -0.1) is 0 Å². The summed E-state index contributed by atoms with van der Waals surface area (Å²) < 4.78 is 17.5. The SMILES string of the molecule is Cc1nc(C(N)=O)cn1C(C)Cn1ccc(-c2cc(F)c(C#N)c(Cl)c2)n1. The Labute approximate surface area is 159 Å². The number of benzene rings is 1. The maximum Gasteiger partial charge on any atom is 0.268 e. The molecule has 2 heterocycles. The van der Waals surface area contributed by atoms with Gasteiger partial charge < -0.3 is 10.3 Å². The summed E-state index contributed by atoms with van der Waals surface area (Å²) >= 11 is 5.96. The minimum absolute atomic E-state index is 0.0420. The number of amides is 1. The minimum Gasteiger partial charge on any atom is -0.364 e. The molecule has 1 atom stereocenters. The zero-order valence-corrected chi connectivity index (χ0v) is 15.4. The zero-order valence-electron chi connectivity index (χ0n) is 14.6. The molecule has 0 fully saturated rings. The van der Waals surface area contributed by atoms with E-state index < -0.39 is 11.7 Å². The number of halogens is 2. The van der Waals surface area contributed by atoms with Gasteiger partial charge >= 0.3 is 0 Å². The van der Waals surface area contributed by atoms with E-state index in [1.807, 2.05) is 11.5 Å². The second-order valence-electron chi connectivity index (χ2n) is 6.14. The van der Waals surface area contributed by atoms with Crippen molar-refractivity contribution in [1.29, 1.82) is 5.26 Å². The third-order valence-corrected chi connectivity index (χ3v) is 4.48. The van der Waals surface area contributed by atoms with Crippen LogP contribution >= 0.6 is 11.6 Å². The summed E-state index contributed by atoms with van der Waals surface area (Å²) in [6.45, 7) is 4.25. The lowest BCUT2D eigenvalue weighted by molar-refractivity contribution is 0.0996. The van der Waals surface area contributed by atoms with Crippen LogP contribution in [0.5, 0.6) is 0 Å². The van der Waals surface area contributed by atoms with Gasteiger partial charge in [0, 0.05) is 18.0 Å². The summed E-state index contributed by atoms with van der Waals surface area (Å²) in [4.78, 5) is 15.4. The van der Waals surface area contributed by atoms with Crippen molar-refractivity contribution in [3.8, 4) is 17.3 Å². The summed E-state index contributed by atoms with van der Waals surface area (Å²) in [5, 5.41) is 13.4. The van der Waals surface area contributed by atoms with E-state index in [2.05, 4.69) is 10.1 Å². The summed E-state index contributed by atoms with van der Waals surface area (Å²) in [5.41, 5.74) is 6.31. The Morgan fingerprint density at radius 3 is 2.81 bits per heavy atom. The van der Waals surface area contributed by atoms with Gasteiger partial charge in [-0.3, -0.25) is 9.48 Å². The molecule has 1 aromatic carbocycles. The van der Waals surface area contributed by atoms with E-state index in [0.717, 1.165) is 0 Å². The Hall–Kier alpha value is -3.18. The molecule has 1 amide bonds. The van der Waals surface area contributed by atoms with Crippen LogP contribution in [0.3, 0.4) is 0 Å². The van der Waals surface area contributed by atoms with E-state index >= 15 is 0 Å². The molecule has 3 aromatic rings. The normalized spacial score (nSPS) is 12.0. The van der Waals surface area contributed by atoms with Crippen LogP contribution in [0.4, 0.5) is 4.39 Å². The van der Waals surface area contributed by atoms with Crippen molar-refractivity contribution in [2.45, 2.75) is 26.4 Å². The number of aromatic nitrogens is 4. The van der Waals surface area contributed by atoms with Crippen LogP contribution in [0.2, 0.25) is 5.02 Å². The Morgan fingerprint density at radius 1 is 1.48 bits per heavy atom. The van der Waals surface area contributed by atoms with E-state index in [1.54, 1.807) is 36.1 Å². The lowest BCUT2D eigenvalue weighted by Gasteiger charge is -2.15. The first-order chi connectivity index (χ1) is 12.8. The fourth-order valence-corrected chi connectivity index (χ4v) is 3.10. The van der Waals surface area contributed by atoms with Gasteiger partial charge in [0.2, 0.25) is 0 Å². The van der Waals surface area contributed by atoms with Gasteiger partial charge in [-0.2, -0.15) is 10.4 Å². The maximum absolute atomic E-state index is 14.0. The van der Waals surface area contributed by atoms with Crippen LogP contribution < -0.4 is 5.73 Å². The van der Waals surface area contributed by atoms with Gasteiger partial charge in [-0.05, 0) is 32.0 Å². The van der Waals surface area contributed by atoms with Crippen molar-refractivity contribution in [3.63, 3.8) is 0 Å². The fourth-order valence-electron chi connectivity index (χ4n) is 2.85. The first kappa shape index (κ1) is 18.6. The topological polar surface area (TPSA) is 103 Å². The van der Waals surface area contributed by atoms with Crippen LogP contribution in [-0.2, 0) is 6.54 Å². The van der Waals surface area contributed by atoms with Crippen LogP contribution in [0, 0.1) is 24.1 Å². The predicted octanol–water partition coefficient (Wildman–Crippen LogP) is 3.08. The number of nitriles is 1. The molecule has 27 heavy (non-hydrogen) atoms. The van der Waals surface area contributed by atoms with E-state index in [4.69, 9.17) is 22.6 Å². The third kappa shape index (κ3) is 3.68. The number of primary amides is 1. The highest BCUT2D eigenvalue weighted by atomic mass is 35.5. The number of rotatable bonds is 5. The molecule has 3 rings (SSSR count). The second-order valence-corrected chi connectivity index (χ2v) is 6.55. The van der Waals surface area contributed by atoms with Gasteiger partial charge in [0.25, 0.3) is 5.91 Å². The van der Waals surface area contributed by atoms with Gasteiger partial charge in [0.15, 0.2) is 0 Å². The summed E-state index contributed by atoms with van der Waals surface area (Å²) in [6, 6.07) is 6.17. The number of nitrogens with two attached hydrogens (primary N) is 1. The van der Waals surface area contributed by atoms with Crippen LogP contribution in [0.1, 0.15) is 34.8 Å². The lowest BCUT2D eigenvalue weighted by Crippen LogP contribution is -2.14. The third-order valence-electron chi connectivity index (χ3n) is 4.19. The van der Waals surface area contributed by atoms with Crippen LogP contribution in [-0.4, -0.2) is 25.2 Å². The summed E-state index contributed by atoms with van der Waals surface area (Å²) in [6.07, 6.45) is 3.37. The standard InChI is InChI=1S/C18H16ClFN6O/c1-10(26-9-17(18(22)27)23-11(26)2)8-25-4-3-16(24-25)12-5-14(19)13(7-21)15(20)6-12/h3-6,9-10H,8H2,1-2H3,(H2,22,27). The van der Waals surface area contributed by atoms with E-state index in [1.165, 1.54) is 12.1 Å². The van der Waals surface area contributed by atoms with E-state index in [0.29, 0.717) is 23.6 Å². The molecule has 0 bridgehead atoms. The molecule has 0 aliphatic rings. The monoisotopic (exact) mass is 386 g/mol. The molecule has 0 aliphatic carbocycles. The van der Waals surface area contributed by atoms with Crippen molar-refractivity contribution in [2.24, 2.45) is 5.73 Å². The van der Waals surface area contributed by atoms with Crippen molar-refractivity contribution in [2.75, 3.05) is 0 Å². The van der Waals surface area contributed by atoms with Crippen molar-refractivity contribution in [3.05, 3.63) is 58.5 Å². The lowest BCUT2D eigenvalue weighted by atomic mass is 10.1. The number of hydrogen-bond acceptors (Lipinski definition) is 4. The molecule has 0 spiro atoms. The Bertz CT molecular complexity index is 1040. The average Bonchev–Trinajstić information content (AvgIpc) is 3.21. The highest BCUT2D eigenvalue weighted by molar-refractivity contribution is 6.32. The zero-order chi connectivity index (χ0) is 19.7. The molecule has 0 saturated carbocycles. The molecule has 9 heteroatoms. The molecule has 2 aromatic heterocycles. The first-order valence-corrected chi connectivity index (χ1v) is 8.46. The van der Waals surface area contributed by atoms with Crippen molar-refractivity contribution >= 4 is 17.5 Å². The molecule has 0 radical (unpaired) electrons. The Balaban J connectivity index is 1.83. The smallest absolute Gasteiger partial charge is 0.268 e. The van der Waals surface area contributed by atoms with Crippen molar-refractivity contribution < 1.29 is 9.18 Å². The highest BCUT2D eigenvalue weighted by Gasteiger charge is 2.15. The number of nitrogens with zero attached hydrogens (tertiary/aromatic N) is 5. The number of carbonyl (C=O) groups is 1. The maximum atomic E-state index is 14.0. The van der Waals surface area contributed by atoms with Gasteiger partial charge in [-0.25, -0.2) is 9.37 Å². The fraction of sp³-hybridized carbons (Fsp3) is 0.222. The van der Waals surface area contributed by atoms with Crippen molar-refractivity contribution in [1.82, 2.24) is 19.3 Å². The summed E-state index contributed by atoms with van der Waals surface area (Å²) in [7, 11) is 0. The largest absolute Gasteiger partial charge is 0.364 e. The van der Waals surface area contributed by atoms with Crippen LogP contribution in [0.15, 0.2) is 30.6 Å². The average molecular weight is 387 g/mol. The molecular formula is C18H16ClFN6O. The number of hydrogen-bond donors (Lipinski definition) is 1. The number of aryl methyl sites for hydroxylation is 1. The van der Waals surface area contributed by atoms with Gasteiger partial charge in [0.05, 0.1) is 23.3 Å². The molecule has 2 N–H and O–H groups in total. The molecule has 7 nitrogen and oxygen atoms in total. The number of imidazole rings is 1. The first-order valence-electron chi connectivity index (χ1n) is 8.08. The van der Waals surface area contributed by atoms with E-state index in [9.17, 15) is 9.18 Å². The molecule has 0 saturated heterocycles. The Kier molecular flexibility index (Phi) is 4.97. The Morgan fingerprint density at radius 2 is 2.22 bits per heavy atom. The highest BCUT2D eigenvalue weighted by Crippen LogP contribution is 2.27. The number of carbonyl (C=O) groups excluding carboxylic acids is 1. The molecular weight excluding hydrogens is 371 g/mol. The quantitative estimate of drug-likeness (QED) is 0.727. The molecule has 0 aliphatic heterocycles. The molecule has 138 valence electrons. The summed E-state index contributed by atoms with van der Waals surface area (Å²) in [5.74, 6) is -0.592. The second kappa shape index (κ2) is 7.21. The van der Waals surface area contributed by atoms with Gasteiger partial charge in [-0.1, -0.05) is 11.6 Å². The van der Waals surface area contributed by atoms with Crippen LogP contribution in [0.25, 0.3) is 11.3 Å².